The van der Waals surface area contributed by atoms with E-state index in [0.717, 1.165) is 0 Å². The van der Waals surface area contributed by atoms with Gasteiger partial charge in [-0.05, 0) is 0 Å². The van der Waals surface area contributed by atoms with Crippen LogP contribution >= 0.6 is 0 Å². The molecule has 5 heteroatoms. The van der Waals surface area contributed by atoms with Gasteiger partial charge in [0.2, 0.25) is 0 Å². The smallest absolute Gasteiger partial charge is 0 e. The van der Waals surface area contributed by atoms with Gasteiger partial charge in [0, 0.05) is 37.7 Å². The second-order valence-corrected chi connectivity index (χ2v) is 0. The summed E-state index contributed by atoms with van der Waals surface area (Å²) in [7, 11) is 0. The Bertz CT molecular complexity index is 3.61. The van der Waals surface area contributed by atoms with E-state index < -0.39 is 0 Å². The van der Waals surface area contributed by atoms with E-state index in [0.29, 0.717) is 0 Å². The molecule has 0 radical (unpaired) electrons. The van der Waals surface area contributed by atoms with Gasteiger partial charge >= 0.3 is 0 Å². The van der Waals surface area contributed by atoms with E-state index in [1.807, 2.05) is 0 Å². The summed E-state index contributed by atoms with van der Waals surface area (Å²) >= 11 is 0. The average molecular weight is 120 g/mol. The molecule has 0 saturated carbocycles. The van der Waals surface area contributed by atoms with Crippen molar-refractivity contribution in [3.05, 3.63) is 0 Å². The topological polar surface area (TPSA) is 0 Å². The monoisotopic (exact) mass is 120 g/mol. The van der Waals surface area contributed by atoms with Crippen LogP contribution in [0.5, 0.6) is 0 Å². The van der Waals surface area contributed by atoms with Crippen LogP contribution in [-0.2, 0) is 0 Å². The van der Waals surface area contributed by atoms with Crippen molar-refractivity contribution in [1.82, 2.24) is 0 Å². The number of halogens is 4. The first kappa shape index (κ1) is 154. The number of hydrogen-bond donors (Lipinski definition) is 0. The molecule has 0 atom stereocenters. The molecule has 0 saturated heterocycles. The molecule has 0 heterocycles. The SMILES string of the molecule is F.F.F.F.[Ar]. The van der Waals surface area contributed by atoms with E-state index in [-0.39, 0.29) is 56.6 Å². The molecular weight excluding hydrogens is 116 g/mol. The van der Waals surface area contributed by atoms with Crippen molar-refractivity contribution >= 4 is 0 Å². The Balaban J connectivity index is 0. The van der Waals surface area contributed by atoms with E-state index in [1.54, 1.807) is 0 Å². The van der Waals surface area contributed by atoms with E-state index in [9.17, 15) is 0 Å². The predicted octanol–water partition coefficient (Wildman–Crippen LogP) is 0.610. The zero-order valence-corrected chi connectivity index (χ0v) is 2.69. The third-order valence-corrected chi connectivity index (χ3v) is 0. The van der Waals surface area contributed by atoms with Crippen molar-refractivity contribution in [2.45, 2.75) is 0 Å². The summed E-state index contributed by atoms with van der Waals surface area (Å²) in [6, 6.07) is 0. The van der Waals surface area contributed by atoms with Crippen LogP contribution in [0.15, 0.2) is 0 Å². The number of hydrogen-bond acceptors (Lipinski definition) is 0. The Hall–Kier alpha value is 0.980. The maximum atomic E-state index is 0. The van der Waals surface area contributed by atoms with Gasteiger partial charge in [-0.15, -0.1) is 0 Å². The molecule has 0 bridgehead atoms. The van der Waals surface area contributed by atoms with Crippen LogP contribution in [0.2, 0.25) is 0 Å². The molecule has 0 aromatic carbocycles. The fourth-order valence-electron chi connectivity index (χ4n) is 0. The van der Waals surface area contributed by atoms with E-state index in [4.69, 9.17) is 0 Å². The van der Waals surface area contributed by atoms with Gasteiger partial charge in [0.15, 0.2) is 0 Å². The molecule has 0 aliphatic heterocycles. The molecule has 0 rings (SSSR count). The molecular formula is H4ArF4. The van der Waals surface area contributed by atoms with Crippen molar-refractivity contribution in [3.8, 4) is 0 Å². The maximum absolute atomic E-state index is 0. The Labute approximate surface area is 56.4 Å². The molecule has 5 heavy (non-hydrogen) atoms. The van der Waals surface area contributed by atoms with Crippen LogP contribution in [0.4, 0.5) is 18.8 Å². The van der Waals surface area contributed by atoms with Gasteiger partial charge in [-0.3, -0.25) is 18.8 Å². The largest absolute Gasteiger partial charge is 0.269 e. The molecule has 0 amide bonds. The zero-order chi connectivity index (χ0) is 0. The zero-order valence-electron chi connectivity index (χ0n) is 1.99. The summed E-state index contributed by atoms with van der Waals surface area (Å²) in [5.74, 6) is 0. The van der Waals surface area contributed by atoms with Crippen LogP contribution in [0.3, 0.4) is 0 Å². The van der Waals surface area contributed by atoms with Gasteiger partial charge in [-0.25, -0.2) is 0 Å². The van der Waals surface area contributed by atoms with E-state index >= 15 is 0 Å². The average Bonchev–Trinajstić information content (AvgIpc) is 0. The third-order valence-electron chi connectivity index (χ3n) is 0. The standard InChI is InChI=1S/Ar.4FH/h;4*1H. The Morgan fingerprint density at radius 1 is 0.400 bits per heavy atom. The Kier molecular flexibility index (Phi) is 2540. The Morgan fingerprint density at radius 3 is 0.400 bits per heavy atom. The molecule has 0 nitrogen and oxygen atoms in total. The minimum Gasteiger partial charge on any atom is -0.269 e. The van der Waals surface area contributed by atoms with Crippen LogP contribution in [-0.4, -0.2) is 0 Å². The molecule has 0 N–H and O–H groups in total. The summed E-state index contributed by atoms with van der Waals surface area (Å²) < 4.78 is 0. The summed E-state index contributed by atoms with van der Waals surface area (Å²) in [6.45, 7) is 0. The van der Waals surface area contributed by atoms with Crippen LogP contribution in [0, 0.1) is 37.7 Å². The van der Waals surface area contributed by atoms with Crippen LogP contribution in [0.1, 0.15) is 0 Å². The molecule has 0 aromatic rings. The summed E-state index contributed by atoms with van der Waals surface area (Å²) in [4.78, 5) is 0. The second-order valence-electron chi connectivity index (χ2n) is 0. The molecule has 0 unspecified atom stereocenters. The molecule has 0 aliphatic rings. The summed E-state index contributed by atoms with van der Waals surface area (Å²) in [6.07, 6.45) is 0. The molecule has 0 fully saturated rings. The van der Waals surface area contributed by atoms with Gasteiger partial charge in [0.25, 0.3) is 0 Å². The summed E-state index contributed by atoms with van der Waals surface area (Å²) in [5, 5.41) is 0. The van der Waals surface area contributed by atoms with Crippen molar-refractivity contribution in [3.63, 3.8) is 0 Å². The van der Waals surface area contributed by atoms with Gasteiger partial charge in [0.05, 0.1) is 0 Å². The Morgan fingerprint density at radius 2 is 0.400 bits per heavy atom. The first-order valence-electron chi connectivity index (χ1n) is 0. The third kappa shape index (κ3) is 46.1. The van der Waals surface area contributed by atoms with Gasteiger partial charge in [-0.2, -0.15) is 0 Å². The normalized spacial score (nSPS) is 0. The van der Waals surface area contributed by atoms with Gasteiger partial charge in [0.1, 0.15) is 0 Å². The molecule has 0 aliphatic carbocycles. The van der Waals surface area contributed by atoms with Crippen molar-refractivity contribution in [2.24, 2.45) is 0 Å². The first-order valence-corrected chi connectivity index (χ1v) is 0. The fraction of sp³-hybridized carbons (Fsp3) is 0. The number of rotatable bonds is 0. The van der Waals surface area contributed by atoms with Crippen molar-refractivity contribution < 1.29 is 56.6 Å². The molecule has 0 aromatic heterocycles. The molecule has 0 spiro atoms. The minimum atomic E-state index is 0. The predicted molar refractivity (Wildman–Crippen MR) is 10.0 cm³/mol. The van der Waals surface area contributed by atoms with E-state index in [2.05, 4.69) is 0 Å². The van der Waals surface area contributed by atoms with Crippen LogP contribution in [0.25, 0.3) is 0 Å². The van der Waals surface area contributed by atoms with E-state index in [1.165, 1.54) is 0 Å². The minimum absolute atomic E-state index is 0. The van der Waals surface area contributed by atoms with Gasteiger partial charge in [-0.1, -0.05) is 0 Å². The maximum Gasteiger partial charge on any atom is 0 e. The quantitative estimate of drug-likeness (QED) is 0.411. The van der Waals surface area contributed by atoms with Crippen LogP contribution < -0.4 is 0 Å². The fourth-order valence-corrected chi connectivity index (χ4v) is 0. The van der Waals surface area contributed by atoms with Gasteiger partial charge < -0.3 is 0 Å². The first-order chi connectivity index (χ1) is 0. The van der Waals surface area contributed by atoms with Crippen molar-refractivity contribution in [1.29, 1.82) is 0 Å². The second kappa shape index (κ2) is 82.2. The summed E-state index contributed by atoms with van der Waals surface area (Å²) in [5.41, 5.74) is 0. The molecule has 40 valence electrons. The van der Waals surface area contributed by atoms with Crippen molar-refractivity contribution in [2.75, 3.05) is 0 Å².